The minimum atomic E-state index is 0.119. The average Bonchev–Trinajstić information content (AvgIpc) is 3.27. The molecule has 1 nitrogen and oxygen atoms in total. The molecule has 1 aliphatic heterocycles. The molecule has 6 aliphatic rings. The molecule has 0 atom stereocenters. The number of anilines is 3. The number of rotatable bonds is 5. The topological polar surface area (TPSA) is 3.24 Å². The van der Waals surface area contributed by atoms with Crippen LogP contribution in [0.4, 0.5) is 17.1 Å². The van der Waals surface area contributed by atoms with Gasteiger partial charge in [0.2, 0.25) is 0 Å². The second-order valence-corrected chi connectivity index (χ2v) is 21.5. The summed E-state index contributed by atoms with van der Waals surface area (Å²) in [5, 5.41) is 2.55. The molecule has 4 saturated carbocycles. The molecule has 1 spiro atoms. The van der Waals surface area contributed by atoms with Gasteiger partial charge in [0, 0.05) is 32.3 Å². The van der Waals surface area contributed by atoms with Gasteiger partial charge >= 0.3 is 0 Å². The molecule has 13 rings (SSSR count). The maximum Gasteiger partial charge on any atom is 0.0464 e. The van der Waals surface area contributed by atoms with Gasteiger partial charge < -0.3 is 4.90 Å². The summed E-state index contributed by atoms with van der Waals surface area (Å²) in [4.78, 5) is 5.47. The molecule has 5 aliphatic carbocycles. The van der Waals surface area contributed by atoms with Gasteiger partial charge in [-0.3, -0.25) is 0 Å². The van der Waals surface area contributed by atoms with E-state index in [2.05, 4.69) is 184 Å². The van der Waals surface area contributed by atoms with E-state index in [0.717, 1.165) is 23.7 Å². The van der Waals surface area contributed by atoms with Crippen LogP contribution in [-0.2, 0) is 16.2 Å². The minimum Gasteiger partial charge on any atom is -0.310 e. The van der Waals surface area contributed by atoms with E-state index in [1.54, 1.807) is 11.1 Å². The summed E-state index contributed by atoms with van der Waals surface area (Å²) in [5.74, 6) is 3.37. The van der Waals surface area contributed by atoms with Crippen LogP contribution in [0.15, 0.2) is 161 Å². The highest BCUT2D eigenvalue weighted by Gasteiger charge is 2.60. The quantitative estimate of drug-likeness (QED) is 0.171. The maximum absolute atomic E-state index is 2.53. The van der Waals surface area contributed by atoms with Gasteiger partial charge in [-0.25, -0.2) is 0 Å². The molecule has 0 radical (unpaired) electrons. The molecule has 4 bridgehead atoms. The number of fused-ring (bicyclic) bond motifs is 4. The zero-order chi connectivity index (χ0) is 40.4. The van der Waals surface area contributed by atoms with Gasteiger partial charge in [0.05, 0.1) is 0 Å². The SMILES string of the molecule is CC1(C)CCC(C)(C)c2cc(N(c3ccc(-c4ccc5ccccc5c4)cc3)c3ccc(-c4cccc5c4Sc4ccccc4C54C5CC6CC(C5)CC4C6)cc3)ccc21. The van der Waals surface area contributed by atoms with Gasteiger partial charge in [-0.15, -0.1) is 0 Å². The van der Waals surface area contributed by atoms with E-state index in [9.17, 15) is 0 Å². The highest BCUT2D eigenvalue weighted by atomic mass is 32.2. The van der Waals surface area contributed by atoms with Gasteiger partial charge in [0.1, 0.15) is 0 Å². The monoisotopic (exact) mass is 797 g/mol. The van der Waals surface area contributed by atoms with Crippen LogP contribution in [-0.4, -0.2) is 0 Å². The van der Waals surface area contributed by atoms with Crippen molar-refractivity contribution in [2.24, 2.45) is 23.7 Å². The standard InChI is InChI=1S/C58H55NS/c1-56(2)28-29-57(3,4)53-36-48(26-27-50(53)56)59(46-22-18-40(19-23-46)43-17-16-39-10-5-6-11-42(39)35-43)47-24-20-41(21-25-47)49-12-9-14-52-55(49)60-54-15-8-7-13-51(54)58(52)44-31-37-30-38(33-44)34-45(58)32-37/h5-27,35-38,44-45H,28-34H2,1-4H3. The lowest BCUT2D eigenvalue weighted by molar-refractivity contribution is -0.0443. The lowest BCUT2D eigenvalue weighted by Gasteiger charge is -2.63. The van der Waals surface area contributed by atoms with E-state index in [-0.39, 0.29) is 16.2 Å². The third-order valence-electron chi connectivity index (χ3n) is 16.2. The Bertz CT molecular complexity index is 2780. The van der Waals surface area contributed by atoms with Crippen molar-refractivity contribution in [1.29, 1.82) is 0 Å². The first-order chi connectivity index (χ1) is 29.2. The molecule has 4 fully saturated rings. The van der Waals surface area contributed by atoms with Gasteiger partial charge in [-0.2, -0.15) is 0 Å². The molecule has 60 heavy (non-hydrogen) atoms. The smallest absolute Gasteiger partial charge is 0.0464 e. The molecule has 0 aromatic heterocycles. The van der Waals surface area contributed by atoms with Crippen LogP contribution >= 0.6 is 11.8 Å². The Morgan fingerprint density at radius 2 is 1.03 bits per heavy atom. The van der Waals surface area contributed by atoms with Crippen molar-refractivity contribution >= 4 is 39.6 Å². The zero-order valence-corrected chi connectivity index (χ0v) is 36.4. The molecule has 0 N–H and O–H groups in total. The second-order valence-electron chi connectivity index (χ2n) is 20.4. The van der Waals surface area contributed by atoms with Crippen LogP contribution in [0.2, 0.25) is 0 Å². The average molecular weight is 798 g/mol. The van der Waals surface area contributed by atoms with E-state index in [1.807, 2.05) is 11.8 Å². The Hall–Kier alpha value is -5.05. The highest BCUT2D eigenvalue weighted by Crippen LogP contribution is 2.69. The molecule has 2 heteroatoms. The van der Waals surface area contributed by atoms with E-state index < -0.39 is 0 Å². The number of hydrogen-bond donors (Lipinski definition) is 0. The van der Waals surface area contributed by atoms with Crippen molar-refractivity contribution in [2.75, 3.05) is 4.90 Å². The predicted molar refractivity (Wildman–Crippen MR) is 253 cm³/mol. The van der Waals surface area contributed by atoms with Crippen molar-refractivity contribution in [1.82, 2.24) is 0 Å². The Kier molecular flexibility index (Phi) is 8.26. The molecule has 0 saturated heterocycles. The molecule has 298 valence electrons. The van der Waals surface area contributed by atoms with E-state index in [4.69, 9.17) is 0 Å². The summed E-state index contributed by atoms with van der Waals surface area (Å²) in [6.45, 7) is 9.72. The van der Waals surface area contributed by atoms with E-state index >= 15 is 0 Å². The van der Waals surface area contributed by atoms with Crippen LogP contribution < -0.4 is 4.90 Å². The first-order valence-corrected chi connectivity index (χ1v) is 23.5. The lowest BCUT2D eigenvalue weighted by Crippen LogP contribution is -2.57. The van der Waals surface area contributed by atoms with E-state index in [1.165, 1.54) is 116 Å². The third kappa shape index (κ3) is 5.59. The molecule has 7 aromatic rings. The van der Waals surface area contributed by atoms with Crippen molar-refractivity contribution in [3.63, 3.8) is 0 Å². The summed E-state index contributed by atoms with van der Waals surface area (Å²) in [6.07, 6.45) is 9.50. The number of benzene rings is 7. The van der Waals surface area contributed by atoms with Crippen molar-refractivity contribution in [3.8, 4) is 22.3 Å². The summed E-state index contributed by atoms with van der Waals surface area (Å²) >= 11 is 2.03. The molecule has 0 unspecified atom stereocenters. The van der Waals surface area contributed by atoms with Gasteiger partial charge in [-0.1, -0.05) is 143 Å². The first-order valence-electron chi connectivity index (χ1n) is 22.7. The molecule has 1 heterocycles. The zero-order valence-electron chi connectivity index (χ0n) is 35.5. The van der Waals surface area contributed by atoms with Crippen LogP contribution in [0.3, 0.4) is 0 Å². The Labute approximate surface area is 361 Å². The van der Waals surface area contributed by atoms with Crippen LogP contribution in [0.25, 0.3) is 33.0 Å². The largest absolute Gasteiger partial charge is 0.310 e. The fraction of sp³-hybridized carbons (Fsp3) is 0.310. The van der Waals surface area contributed by atoms with Gasteiger partial charge in [-0.05, 0) is 183 Å². The Morgan fingerprint density at radius 1 is 0.450 bits per heavy atom. The van der Waals surface area contributed by atoms with Gasteiger partial charge in [0.25, 0.3) is 0 Å². The van der Waals surface area contributed by atoms with Gasteiger partial charge in [0.15, 0.2) is 0 Å². The maximum atomic E-state index is 2.53. The number of hydrogen-bond acceptors (Lipinski definition) is 2. The van der Waals surface area contributed by atoms with Crippen molar-refractivity contribution in [2.45, 2.75) is 98.7 Å². The normalized spacial score (nSPS) is 25.1. The summed E-state index contributed by atoms with van der Waals surface area (Å²) in [5.41, 5.74) is 15.4. The highest BCUT2D eigenvalue weighted by molar-refractivity contribution is 7.99. The van der Waals surface area contributed by atoms with Crippen molar-refractivity contribution in [3.05, 3.63) is 174 Å². The summed E-state index contributed by atoms with van der Waals surface area (Å²) < 4.78 is 0. The Morgan fingerprint density at radius 3 is 1.75 bits per heavy atom. The second kappa shape index (κ2) is 13.5. The molecule has 0 amide bonds. The molecular formula is C58H55NS. The summed E-state index contributed by atoms with van der Waals surface area (Å²) in [6, 6.07) is 58.4. The Balaban J connectivity index is 0.959. The fourth-order valence-electron chi connectivity index (χ4n) is 13.3. The van der Waals surface area contributed by atoms with Crippen LogP contribution in [0.1, 0.15) is 94.9 Å². The minimum absolute atomic E-state index is 0.119. The first kappa shape index (κ1) is 36.8. The predicted octanol–water partition coefficient (Wildman–Crippen LogP) is 16.2. The fourth-order valence-corrected chi connectivity index (χ4v) is 14.6. The van der Waals surface area contributed by atoms with E-state index in [0.29, 0.717) is 0 Å². The van der Waals surface area contributed by atoms with Crippen LogP contribution in [0.5, 0.6) is 0 Å². The summed E-state index contributed by atoms with van der Waals surface area (Å²) in [7, 11) is 0. The number of nitrogens with zero attached hydrogens (tertiary/aromatic N) is 1. The third-order valence-corrected chi connectivity index (χ3v) is 17.4. The molecular weight excluding hydrogens is 743 g/mol. The van der Waals surface area contributed by atoms with Crippen LogP contribution in [0, 0.1) is 23.7 Å². The van der Waals surface area contributed by atoms with Crippen molar-refractivity contribution < 1.29 is 0 Å². The lowest BCUT2D eigenvalue weighted by atomic mass is 9.42. The molecule has 7 aromatic carbocycles.